The molecule has 14 heavy (non-hydrogen) atoms. The Hall–Kier alpha value is -0.840. The highest BCUT2D eigenvalue weighted by Gasteiger charge is 2.08. The van der Waals surface area contributed by atoms with E-state index in [0.29, 0.717) is 17.9 Å². The van der Waals surface area contributed by atoms with Crippen molar-refractivity contribution in [3.8, 4) is 0 Å². The van der Waals surface area contributed by atoms with Crippen LogP contribution in [0.3, 0.4) is 0 Å². The molecule has 0 saturated heterocycles. The average Bonchev–Trinajstić information content (AvgIpc) is 2.17. The highest BCUT2D eigenvalue weighted by Crippen LogP contribution is 2.10. The van der Waals surface area contributed by atoms with Crippen LogP contribution < -0.4 is 11.2 Å². The Kier molecular flexibility index (Phi) is 4.13. The van der Waals surface area contributed by atoms with Gasteiger partial charge in [0.05, 0.1) is 0 Å². The van der Waals surface area contributed by atoms with E-state index in [1.807, 2.05) is 0 Å². The van der Waals surface area contributed by atoms with Gasteiger partial charge in [-0.3, -0.25) is 9.78 Å². The smallest absolute Gasteiger partial charge is 0.314 e. The van der Waals surface area contributed by atoms with Crippen LogP contribution in [0, 0.1) is 5.92 Å². The van der Waals surface area contributed by atoms with Gasteiger partial charge >= 0.3 is 5.69 Å². The third-order valence-corrected chi connectivity index (χ3v) is 3.12. The molecule has 4 nitrogen and oxygen atoms in total. The van der Waals surface area contributed by atoms with Crippen LogP contribution in [-0.4, -0.2) is 15.3 Å². The minimum Gasteiger partial charge on any atom is -0.314 e. The summed E-state index contributed by atoms with van der Waals surface area (Å²) >= 11 is 3.39. The standard InChI is InChI=1S/C9H13BrN2O2/c1-2-6(4-10)3-7-5-11-9(14)12-8(7)13/h5-6H,2-4H2,1H3,(H2,11,12,13,14). The molecule has 0 aliphatic rings. The maximum Gasteiger partial charge on any atom is 0.325 e. The lowest BCUT2D eigenvalue weighted by Crippen LogP contribution is -2.26. The molecule has 0 bridgehead atoms. The van der Waals surface area contributed by atoms with Gasteiger partial charge < -0.3 is 4.98 Å². The Morgan fingerprint density at radius 3 is 2.71 bits per heavy atom. The van der Waals surface area contributed by atoms with Crippen LogP contribution in [-0.2, 0) is 6.42 Å². The normalized spacial score (nSPS) is 12.7. The van der Waals surface area contributed by atoms with Gasteiger partial charge in [-0.05, 0) is 12.3 Å². The summed E-state index contributed by atoms with van der Waals surface area (Å²) in [6.45, 7) is 2.08. The zero-order valence-electron chi connectivity index (χ0n) is 7.97. The molecule has 0 amide bonds. The van der Waals surface area contributed by atoms with Crippen molar-refractivity contribution in [2.24, 2.45) is 5.92 Å². The summed E-state index contributed by atoms with van der Waals surface area (Å²) in [5.74, 6) is 0.432. The second kappa shape index (κ2) is 5.14. The Balaban J connectivity index is 2.86. The van der Waals surface area contributed by atoms with Crippen molar-refractivity contribution in [3.63, 3.8) is 0 Å². The fourth-order valence-corrected chi connectivity index (χ4v) is 1.90. The topological polar surface area (TPSA) is 65.7 Å². The zero-order valence-corrected chi connectivity index (χ0v) is 9.56. The van der Waals surface area contributed by atoms with Crippen molar-refractivity contribution in [1.82, 2.24) is 9.97 Å². The van der Waals surface area contributed by atoms with Gasteiger partial charge in [-0.1, -0.05) is 29.3 Å². The van der Waals surface area contributed by atoms with Crippen molar-refractivity contribution >= 4 is 15.9 Å². The van der Waals surface area contributed by atoms with E-state index in [1.165, 1.54) is 6.20 Å². The Morgan fingerprint density at radius 1 is 1.50 bits per heavy atom. The zero-order chi connectivity index (χ0) is 10.6. The molecule has 2 N–H and O–H groups in total. The van der Waals surface area contributed by atoms with Crippen molar-refractivity contribution < 1.29 is 0 Å². The summed E-state index contributed by atoms with van der Waals surface area (Å²) in [4.78, 5) is 26.7. The highest BCUT2D eigenvalue weighted by molar-refractivity contribution is 9.09. The first-order valence-corrected chi connectivity index (χ1v) is 5.66. The lowest BCUT2D eigenvalue weighted by Gasteiger charge is -2.09. The Labute approximate surface area is 89.9 Å². The molecule has 0 fully saturated rings. The molecule has 5 heteroatoms. The predicted molar refractivity (Wildman–Crippen MR) is 59.0 cm³/mol. The molecule has 78 valence electrons. The van der Waals surface area contributed by atoms with Gasteiger partial charge in [-0.15, -0.1) is 0 Å². The first-order valence-electron chi connectivity index (χ1n) is 4.54. The largest absolute Gasteiger partial charge is 0.325 e. The second-order valence-corrected chi connectivity index (χ2v) is 3.88. The quantitative estimate of drug-likeness (QED) is 0.795. The van der Waals surface area contributed by atoms with E-state index >= 15 is 0 Å². The number of aromatic amines is 2. The van der Waals surface area contributed by atoms with Crippen LogP contribution >= 0.6 is 15.9 Å². The van der Waals surface area contributed by atoms with Gasteiger partial charge in [0.15, 0.2) is 0 Å². The number of hydrogen-bond donors (Lipinski definition) is 2. The molecular formula is C9H13BrN2O2. The maximum atomic E-state index is 11.3. The predicted octanol–water partition coefficient (Wildman–Crippen LogP) is 1.03. The van der Waals surface area contributed by atoms with Gasteiger partial charge in [-0.2, -0.15) is 0 Å². The molecular weight excluding hydrogens is 248 g/mol. The molecule has 1 aromatic rings. The number of nitrogens with one attached hydrogen (secondary N) is 2. The molecule has 1 rings (SSSR count). The monoisotopic (exact) mass is 260 g/mol. The van der Waals surface area contributed by atoms with E-state index in [9.17, 15) is 9.59 Å². The van der Waals surface area contributed by atoms with Crippen molar-refractivity contribution in [3.05, 3.63) is 32.6 Å². The van der Waals surface area contributed by atoms with E-state index in [4.69, 9.17) is 0 Å². The Morgan fingerprint density at radius 2 is 2.21 bits per heavy atom. The Bertz CT molecular complexity index is 392. The van der Waals surface area contributed by atoms with Crippen molar-refractivity contribution in [1.29, 1.82) is 0 Å². The lowest BCUT2D eigenvalue weighted by atomic mass is 10.0. The fraction of sp³-hybridized carbons (Fsp3) is 0.556. The second-order valence-electron chi connectivity index (χ2n) is 3.23. The van der Waals surface area contributed by atoms with Crippen LogP contribution in [0.15, 0.2) is 15.8 Å². The molecule has 0 aliphatic heterocycles. The number of alkyl halides is 1. The number of aromatic nitrogens is 2. The molecule has 0 aliphatic carbocycles. The molecule has 0 radical (unpaired) electrons. The summed E-state index contributed by atoms with van der Waals surface area (Å²) < 4.78 is 0. The maximum absolute atomic E-state index is 11.3. The minimum absolute atomic E-state index is 0.284. The third-order valence-electron chi connectivity index (χ3n) is 2.20. The summed E-state index contributed by atoms with van der Waals surface area (Å²) in [5, 5.41) is 0.863. The molecule has 1 atom stereocenters. The van der Waals surface area contributed by atoms with E-state index in [0.717, 1.165) is 11.8 Å². The van der Waals surface area contributed by atoms with Crippen LogP contribution in [0.4, 0.5) is 0 Å². The van der Waals surface area contributed by atoms with Crippen LogP contribution in [0.25, 0.3) is 0 Å². The fourth-order valence-electron chi connectivity index (χ4n) is 1.21. The van der Waals surface area contributed by atoms with Gasteiger partial charge in [0.25, 0.3) is 5.56 Å². The summed E-state index contributed by atoms with van der Waals surface area (Å²) in [6, 6.07) is 0. The summed E-state index contributed by atoms with van der Waals surface area (Å²) in [6.07, 6.45) is 3.18. The van der Waals surface area contributed by atoms with Crippen LogP contribution in [0.2, 0.25) is 0 Å². The van der Waals surface area contributed by atoms with Crippen LogP contribution in [0.1, 0.15) is 18.9 Å². The number of hydrogen-bond acceptors (Lipinski definition) is 2. The molecule has 1 aromatic heterocycles. The first kappa shape index (κ1) is 11.2. The van der Waals surface area contributed by atoms with Crippen molar-refractivity contribution in [2.75, 3.05) is 5.33 Å². The average molecular weight is 261 g/mol. The minimum atomic E-state index is -0.453. The van der Waals surface area contributed by atoms with E-state index in [-0.39, 0.29) is 5.56 Å². The number of rotatable bonds is 4. The van der Waals surface area contributed by atoms with E-state index < -0.39 is 5.69 Å². The number of halogens is 1. The summed E-state index contributed by atoms with van der Waals surface area (Å²) in [5.41, 5.74) is -0.102. The molecule has 0 saturated carbocycles. The molecule has 1 heterocycles. The number of H-pyrrole nitrogens is 2. The van der Waals surface area contributed by atoms with Gasteiger partial charge in [-0.25, -0.2) is 4.79 Å². The van der Waals surface area contributed by atoms with E-state index in [1.54, 1.807) is 0 Å². The molecule has 0 aromatic carbocycles. The lowest BCUT2D eigenvalue weighted by molar-refractivity contribution is 0.568. The first-order chi connectivity index (χ1) is 6.67. The van der Waals surface area contributed by atoms with Crippen molar-refractivity contribution in [2.45, 2.75) is 19.8 Å². The molecule has 1 unspecified atom stereocenters. The highest BCUT2D eigenvalue weighted by atomic mass is 79.9. The van der Waals surface area contributed by atoms with Gasteiger partial charge in [0, 0.05) is 17.1 Å². The summed E-state index contributed by atoms with van der Waals surface area (Å²) in [7, 11) is 0. The van der Waals surface area contributed by atoms with Gasteiger partial charge in [0.2, 0.25) is 0 Å². The van der Waals surface area contributed by atoms with Gasteiger partial charge in [0.1, 0.15) is 0 Å². The SMILES string of the molecule is CCC(CBr)Cc1c[nH]c(=O)[nH]c1=O. The molecule has 0 spiro atoms. The third kappa shape index (κ3) is 2.83. The van der Waals surface area contributed by atoms with Crippen LogP contribution in [0.5, 0.6) is 0 Å². The van der Waals surface area contributed by atoms with E-state index in [2.05, 4.69) is 32.8 Å².